The molecule has 0 spiro atoms. The number of urea groups is 1. The van der Waals surface area contributed by atoms with Crippen LogP contribution in [0.3, 0.4) is 0 Å². The Morgan fingerprint density at radius 2 is 1.91 bits per heavy atom. The summed E-state index contributed by atoms with van der Waals surface area (Å²) < 4.78 is 19.4. The molecule has 162 valence electrons. The minimum Gasteiger partial charge on any atom is -0.492 e. The molecule has 0 saturated carbocycles. The number of carbonyl (C=O) groups excluding carboxylic acids is 1. The van der Waals surface area contributed by atoms with Gasteiger partial charge < -0.3 is 21.1 Å². The van der Waals surface area contributed by atoms with Crippen LogP contribution in [0.15, 0.2) is 72.8 Å². The first kappa shape index (κ1) is 21.4. The Morgan fingerprint density at radius 1 is 1.06 bits per heavy atom. The van der Waals surface area contributed by atoms with Crippen molar-refractivity contribution in [2.45, 2.75) is 0 Å². The summed E-state index contributed by atoms with van der Waals surface area (Å²) >= 11 is 6.17. The van der Waals surface area contributed by atoms with Crippen LogP contribution in [0, 0.1) is 5.82 Å². The SMILES string of the molecule is Nc1cc(-c2cccc(OCCNC(=O)Nc3ccccc3F)c2)c2cc(Cl)ccc2n1. The fraction of sp³-hybridized carbons (Fsp3) is 0.0833. The van der Waals surface area contributed by atoms with E-state index in [9.17, 15) is 9.18 Å². The highest BCUT2D eigenvalue weighted by Gasteiger charge is 2.09. The Bertz CT molecular complexity index is 1280. The maximum atomic E-state index is 13.6. The van der Waals surface area contributed by atoms with Crippen LogP contribution in [0.25, 0.3) is 22.0 Å². The van der Waals surface area contributed by atoms with Gasteiger partial charge in [0.05, 0.1) is 17.7 Å². The van der Waals surface area contributed by atoms with Gasteiger partial charge >= 0.3 is 6.03 Å². The fourth-order valence-electron chi connectivity index (χ4n) is 3.27. The zero-order valence-electron chi connectivity index (χ0n) is 16.9. The molecule has 0 atom stereocenters. The molecule has 0 unspecified atom stereocenters. The minimum atomic E-state index is -0.511. The molecule has 1 heterocycles. The summed E-state index contributed by atoms with van der Waals surface area (Å²) in [6.45, 7) is 0.477. The first-order valence-corrected chi connectivity index (χ1v) is 10.3. The van der Waals surface area contributed by atoms with Gasteiger partial charge in [-0.2, -0.15) is 0 Å². The maximum absolute atomic E-state index is 13.6. The molecular formula is C24H20ClFN4O2. The molecule has 0 aliphatic heterocycles. The number of nitrogens with zero attached hydrogens (tertiary/aromatic N) is 1. The quantitative estimate of drug-likeness (QED) is 0.339. The lowest BCUT2D eigenvalue weighted by Crippen LogP contribution is -2.32. The van der Waals surface area contributed by atoms with Crippen LogP contribution in [-0.4, -0.2) is 24.2 Å². The van der Waals surface area contributed by atoms with Crippen molar-refractivity contribution in [3.05, 3.63) is 83.6 Å². The third-order valence-corrected chi connectivity index (χ3v) is 4.95. The number of fused-ring (bicyclic) bond motifs is 1. The molecule has 3 aromatic carbocycles. The smallest absolute Gasteiger partial charge is 0.319 e. The van der Waals surface area contributed by atoms with Crippen LogP contribution >= 0.6 is 11.6 Å². The zero-order chi connectivity index (χ0) is 22.5. The Hall–Kier alpha value is -3.84. The number of pyridine rings is 1. The van der Waals surface area contributed by atoms with Gasteiger partial charge in [0.15, 0.2) is 0 Å². The molecule has 0 bridgehead atoms. The Labute approximate surface area is 189 Å². The molecule has 1 aromatic heterocycles. The Balaban J connectivity index is 1.40. The average molecular weight is 451 g/mol. The van der Waals surface area contributed by atoms with Crippen LogP contribution in [0.5, 0.6) is 5.75 Å². The highest BCUT2D eigenvalue weighted by atomic mass is 35.5. The second-order valence-electron chi connectivity index (χ2n) is 6.99. The van der Waals surface area contributed by atoms with Gasteiger partial charge in [-0.1, -0.05) is 35.9 Å². The van der Waals surface area contributed by atoms with Gasteiger partial charge in [-0.3, -0.25) is 0 Å². The number of nitrogens with one attached hydrogen (secondary N) is 2. The molecule has 0 fully saturated rings. The lowest BCUT2D eigenvalue weighted by molar-refractivity contribution is 0.247. The van der Waals surface area contributed by atoms with Gasteiger partial charge in [0.25, 0.3) is 0 Å². The van der Waals surface area contributed by atoms with Crippen molar-refractivity contribution in [2.24, 2.45) is 0 Å². The van der Waals surface area contributed by atoms with Crippen molar-refractivity contribution >= 4 is 40.0 Å². The molecule has 4 N–H and O–H groups in total. The number of ether oxygens (including phenoxy) is 1. The van der Waals surface area contributed by atoms with E-state index in [1.807, 2.05) is 36.4 Å². The molecule has 4 aromatic rings. The number of halogens is 2. The van der Waals surface area contributed by atoms with E-state index < -0.39 is 11.8 Å². The fourth-order valence-corrected chi connectivity index (χ4v) is 3.45. The number of carbonyl (C=O) groups is 1. The van der Waals surface area contributed by atoms with E-state index in [1.54, 1.807) is 24.3 Å². The normalized spacial score (nSPS) is 10.7. The van der Waals surface area contributed by atoms with Crippen LogP contribution in [-0.2, 0) is 0 Å². The molecule has 6 nitrogen and oxygen atoms in total. The number of anilines is 2. The third-order valence-electron chi connectivity index (χ3n) is 4.71. The van der Waals surface area contributed by atoms with E-state index >= 15 is 0 Å². The van der Waals surface area contributed by atoms with Gasteiger partial charge in [0, 0.05) is 10.4 Å². The predicted octanol–water partition coefficient (Wildman–Crippen LogP) is 5.48. The topological polar surface area (TPSA) is 89.3 Å². The molecule has 8 heteroatoms. The van der Waals surface area contributed by atoms with E-state index in [4.69, 9.17) is 22.1 Å². The molecule has 0 radical (unpaired) electrons. The summed E-state index contributed by atoms with van der Waals surface area (Å²) in [6, 6.07) is 20.2. The summed E-state index contributed by atoms with van der Waals surface area (Å²) in [5.74, 6) is 0.539. The summed E-state index contributed by atoms with van der Waals surface area (Å²) in [4.78, 5) is 16.3. The third kappa shape index (κ3) is 5.07. The van der Waals surface area contributed by atoms with Crippen molar-refractivity contribution in [1.29, 1.82) is 0 Å². The maximum Gasteiger partial charge on any atom is 0.319 e. The lowest BCUT2D eigenvalue weighted by atomic mass is 10.0. The van der Waals surface area contributed by atoms with E-state index in [-0.39, 0.29) is 18.8 Å². The Kier molecular flexibility index (Phi) is 6.37. The van der Waals surface area contributed by atoms with E-state index in [2.05, 4.69) is 15.6 Å². The number of para-hydroxylation sites is 1. The largest absolute Gasteiger partial charge is 0.492 e. The van der Waals surface area contributed by atoms with Gasteiger partial charge in [-0.25, -0.2) is 14.2 Å². The lowest BCUT2D eigenvalue weighted by Gasteiger charge is -2.12. The van der Waals surface area contributed by atoms with Crippen molar-refractivity contribution in [1.82, 2.24) is 10.3 Å². The van der Waals surface area contributed by atoms with Gasteiger partial charge in [-0.05, 0) is 59.7 Å². The molecule has 0 saturated heterocycles. The first-order chi connectivity index (χ1) is 15.5. The molecular weight excluding hydrogens is 431 g/mol. The monoisotopic (exact) mass is 450 g/mol. The molecule has 2 amide bonds. The van der Waals surface area contributed by atoms with Gasteiger partial charge in [0.1, 0.15) is 24.0 Å². The highest BCUT2D eigenvalue weighted by molar-refractivity contribution is 6.31. The molecule has 0 aliphatic rings. The summed E-state index contributed by atoms with van der Waals surface area (Å²) in [6.07, 6.45) is 0. The van der Waals surface area contributed by atoms with Crippen LogP contribution in [0.1, 0.15) is 0 Å². The number of benzene rings is 3. The molecule has 0 aliphatic carbocycles. The number of amides is 2. The van der Waals surface area contributed by atoms with E-state index in [0.29, 0.717) is 16.6 Å². The molecule has 32 heavy (non-hydrogen) atoms. The van der Waals surface area contributed by atoms with Crippen LogP contribution in [0.4, 0.5) is 20.7 Å². The average Bonchev–Trinajstić information content (AvgIpc) is 2.78. The van der Waals surface area contributed by atoms with Crippen LogP contribution < -0.4 is 21.1 Å². The van der Waals surface area contributed by atoms with E-state index in [1.165, 1.54) is 12.1 Å². The number of rotatable bonds is 6. The van der Waals surface area contributed by atoms with Crippen LogP contribution in [0.2, 0.25) is 5.02 Å². The molecule has 4 rings (SSSR count). The second kappa shape index (κ2) is 9.53. The number of hydrogen-bond acceptors (Lipinski definition) is 4. The first-order valence-electron chi connectivity index (χ1n) is 9.88. The number of nitrogen functional groups attached to an aromatic ring is 1. The number of nitrogens with two attached hydrogens (primary N) is 1. The summed E-state index contributed by atoms with van der Waals surface area (Å²) in [5, 5.41) is 6.58. The second-order valence-corrected chi connectivity index (χ2v) is 7.43. The minimum absolute atomic E-state index is 0.113. The standard InChI is InChI=1S/C24H20ClFN4O2/c25-16-8-9-21-19(13-16)18(14-23(27)29-21)15-4-3-5-17(12-15)32-11-10-28-24(31)30-22-7-2-1-6-20(22)26/h1-9,12-14H,10-11H2,(H2,27,29)(H2,28,30,31). The van der Waals surface area contributed by atoms with Crippen molar-refractivity contribution in [3.63, 3.8) is 0 Å². The Morgan fingerprint density at radius 3 is 2.75 bits per heavy atom. The van der Waals surface area contributed by atoms with Gasteiger partial charge in [-0.15, -0.1) is 0 Å². The van der Waals surface area contributed by atoms with E-state index in [0.717, 1.165) is 22.0 Å². The van der Waals surface area contributed by atoms with Crippen molar-refractivity contribution in [3.8, 4) is 16.9 Å². The predicted molar refractivity (Wildman–Crippen MR) is 126 cm³/mol. The zero-order valence-corrected chi connectivity index (χ0v) is 17.7. The number of hydrogen-bond donors (Lipinski definition) is 3. The van der Waals surface area contributed by atoms with Crippen molar-refractivity contribution in [2.75, 3.05) is 24.2 Å². The summed E-state index contributed by atoms with van der Waals surface area (Å²) in [5.41, 5.74) is 8.64. The number of aromatic nitrogens is 1. The van der Waals surface area contributed by atoms with Gasteiger partial charge in [0.2, 0.25) is 0 Å². The summed E-state index contributed by atoms with van der Waals surface area (Å²) in [7, 11) is 0. The van der Waals surface area contributed by atoms with Crippen molar-refractivity contribution < 1.29 is 13.9 Å². The highest BCUT2D eigenvalue weighted by Crippen LogP contribution is 2.32.